The van der Waals surface area contributed by atoms with E-state index in [0.717, 1.165) is 11.0 Å². The zero-order valence-corrected chi connectivity index (χ0v) is 14.1. The number of anilines is 2. The summed E-state index contributed by atoms with van der Waals surface area (Å²) in [6.07, 6.45) is 0. The standard InChI is InChI=1S/C18H16FN3O4/c1-10-17(24)22(18(25)20-10)13-8-4-3-7-12(13)21-16(23)15-11(19)6-5-9-14(15)26-2/h3-10H,1-2H3,(H,20,25)(H,21,23). The first-order chi connectivity index (χ1) is 12.4. The van der Waals surface area contributed by atoms with Crippen LogP contribution >= 0.6 is 0 Å². The van der Waals surface area contributed by atoms with E-state index in [-0.39, 0.29) is 22.7 Å². The van der Waals surface area contributed by atoms with Crippen molar-refractivity contribution in [2.75, 3.05) is 17.3 Å². The summed E-state index contributed by atoms with van der Waals surface area (Å²) in [6.45, 7) is 1.56. The SMILES string of the molecule is COc1cccc(F)c1C(=O)Nc1ccccc1N1C(=O)NC(C)C1=O. The van der Waals surface area contributed by atoms with E-state index in [0.29, 0.717) is 0 Å². The van der Waals surface area contributed by atoms with Gasteiger partial charge in [0.25, 0.3) is 11.8 Å². The Morgan fingerprint density at radius 3 is 2.58 bits per heavy atom. The molecule has 134 valence electrons. The number of carbonyl (C=O) groups is 3. The van der Waals surface area contributed by atoms with Gasteiger partial charge in [0.15, 0.2) is 0 Å². The molecule has 1 aliphatic rings. The number of amides is 4. The van der Waals surface area contributed by atoms with Gasteiger partial charge in [0.1, 0.15) is 23.2 Å². The van der Waals surface area contributed by atoms with Gasteiger partial charge in [-0.15, -0.1) is 0 Å². The smallest absolute Gasteiger partial charge is 0.329 e. The van der Waals surface area contributed by atoms with Crippen LogP contribution in [0.25, 0.3) is 0 Å². The zero-order chi connectivity index (χ0) is 18.8. The Morgan fingerprint density at radius 1 is 1.19 bits per heavy atom. The molecule has 1 saturated heterocycles. The van der Waals surface area contributed by atoms with Gasteiger partial charge in [-0.25, -0.2) is 14.1 Å². The first-order valence-corrected chi connectivity index (χ1v) is 7.81. The van der Waals surface area contributed by atoms with Crippen LogP contribution in [-0.2, 0) is 4.79 Å². The lowest BCUT2D eigenvalue weighted by molar-refractivity contribution is -0.117. The van der Waals surface area contributed by atoms with Crippen molar-refractivity contribution in [1.29, 1.82) is 0 Å². The molecule has 0 bridgehead atoms. The molecule has 3 rings (SSSR count). The number of benzene rings is 2. The molecule has 1 aliphatic heterocycles. The molecule has 2 N–H and O–H groups in total. The number of imide groups is 1. The molecule has 1 unspecified atom stereocenters. The fourth-order valence-corrected chi connectivity index (χ4v) is 2.69. The van der Waals surface area contributed by atoms with Crippen LogP contribution < -0.4 is 20.3 Å². The Hall–Kier alpha value is -3.42. The molecule has 0 spiro atoms. The second-order valence-corrected chi connectivity index (χ2v) is 5.63. The lowest BCUT2D eigenvalue weighted by Gasteiger charge is -2.18. The molecule has 26 heavy (non-hydrogen) atoms. The molecule has 1 fully saturated rings. The van der Waals surface area contributed by atoms with Crippen LogP contribution in [0.5, 0.6) is 5.75 Å². The highest BCUT2D eigenvalue weighted by Gasteiger charge is 2.37. The number of nitrogens with zero attached hydrogens (tertiary/aromatic N) is 1. The van der Waals surface area contributed by atoms with E-state index >= 15 is 0 Å². The van der Waals surface area contributed by atoms with E-state index in [1.165, 1.54) is 31.4 Å². The number of rotatable bonds is 4. The predicted molar refractivity (Wildman–Crippen MR) is 92.8 cm³/mol. The summed E-state index contributed by atoms with van der Waals surface area (Å²) in [5.74, 6) is -1.88. The van der Waals surface area contributed by atoms with Crippen LogP contribution in [0.1, 0.15) is 17.3 Å². The van der Waals surface area contributed by atoms with E-state index in [1.807, 2.05) is 0 Å². The molecule has 2 aromatic carbocycles. The third-order valence-electron chi connectivity index (χ3n) is 3.95. The van der Waals surface area contributed by atoms with E-state index in [1.54, 1.807) is 19.1 Å². The average Bonchev–Trinajstić information content (AvgIpc) is 2.87. The van der Waals surface area contributed by atoms with E-state index in [9.17, 15) is 18.8 Å². The molecule has 0 aliphatic carbocycles. The van der Waals surface area contributed by atoms with Gasteiger partial charge in [-0.3, -0.25) is 9.59 Å². The summed E-state index contributed by atoms with van der Waals surface area (Å²) < 4.78 is 19.1. The van der Waals surface area contributed by atoms with Crippen molar-refractivity contribution in [3.8, 4) is 5.75 Å². The molecule has 0 aromatic heterocycles. The Balaban J connectivity index is 1.97. The summed E-state index contributed by atoms with van der Waals surface area (Å²) in [6, 6.07) is 9.05. The molecule has 2 aromatic rings. The fourth-order valence-electron chi connectivity index (χ4n) is 2.69. The van der Waals surface area contributed by atoms with Crippen molar-refractivity contribution in [3.63, 3.8) is 0 Å². The third-order valence-corrected chi connectivity index (χ3v) is 3.95. The Kier molecular flexibility index (Phi) is 4.57. The number of carbonyl (C=O) groups excluding carboxylic acids is 3. The first-order valence-electron chi connectivity index (χ1n) is 7.81. The fraction of sp³-hybridized carbons (Fsp3) is 0.167. The average molecular weight is 357 g/mol. The van der Waals surface area contributed by atoms with Gasteiger partial charge in [-0.05, 0) is 31.2 Å². The van der Waals surface area contributed by atoms with Crippen LogP contribution in [0.3, 0.4) is 0 Å². The second kappa shape index (κ2) is 6.83. The van der Waals surface area contributed by atoms with Gasteiger partial charge in [0.2, 0.25) is 0 Å². The van der Waals surface area contributed by atoms with E-state index in [4.69, 9.17) is 4.74 Å². The van der Waals surface area contributed by atoms with Crippen LogP contribution in [0.2, 0.25) is 0 Å². The number of urea groups is 1. The molecule has 1 heterocycles. The van der Waals surface area contributed by atoms with E-state index in [2.05, 4.69) is 10.6 Å². The van der Waals surface area contributed by atoms with Crippen molar-refractivity contribution in [2.24, 2.45) is 0 Å². The van der Waals surface area contributed by atoms with Crippen molar-refractivity contribution in [1.82, 2.24) is 5.32 Å². The third kappa shape index (κ3) is 2.97. The highest BCUT2D eigenvalue weighted by molar-refractivity contribution is 6.23. The normalized spacial score (nSPS) is 16.4. The highest BCUT2D eigenvalue weighted by Crippen LogP contribution is 2.30. The highest BCUT2D eigenvalue weighted by atomic mass is 19.1. The molecular weight excluding hydrogens is 341 g/mol. The molecular formula is C18H16FN3O4. The number of methoxy groups -OCH3 is 1. The maximum Gasteiger partial charge on any atom is 0.329 e. The number of nitrogens with one attached hydrogen (secondary N) is 2. The Bertz CT molecular complexity index is 900. The lowest BCUT2D eigenvalue weighted by Crippen LogP contribution is -2.32. The minimum absolute atomic E-state index is 0.0728. The Morgan fingerprint density at radius 2 is 1.92 bits per heavy atom. The van der Waals surface area contributed by atoms with Gasteiger partial charge in [-0.1, -0.05) is 18.2 Å². The maximum atomic E-state index is 14.1. The number of hydrogen-bond donors (Lipinski definition) is 2. The molecule has 0 saturated carbocycles. The van der Waals surface area contributed by atoms with Crippen molar-refractivity contribution < 1.29 is 23.5 Å². The molecule has 7 nitrogen and oxygen atoms in total. The topological polar surface area (TPSA) is 87.7 Å². The van der Waals surface area contributed by atoms with Crippen molar-refractivity contribution in [3.05, 3.63) is 53.8 Å². The van der Waals surface area contributed by atoms with Crippen LogP contribution in [-0.4, -0.2) is 31.0 Å². The quantitative estimate of drug-likeness (QED) is 0.823. The minimum Gasteiger partial charge on any atom is -0.496 e. The molecule has 8 heteroatoms. The van der Waals surface area contributed by atoms with Gasteiger partial charge in [0, 0.05) is 0 Å². The van der Waals surface area contributed by atoms with Gasteiger partial charge >= 0.3 is 6.03 Å². The summed E-state index contributed by atoms with van der Waals surface area (Å²) >= 11 is 0. The Labute approximate surface area is 148 Å². The predicted octanol–water partition coefficient (Wildman–Crippen LogP) is 2.53. The molecule has 1 atom stereocenters. The summed E-state index contributed by atoms with van der Waals surface area (Å²) in [4.78, 5) is 37.8. The monoisotopic (exact) mass is 357 g/mol. The minimum atomic E-state index is -0.757. The van der Waals surface area contributed by atoms with Crippen LogP contribution in [0.15, 0.2) is 42.5 Å². The summed E-state index contributed by atoms with van der Waals surface area (Å²) in [5, 5.41) is 5.04. The van der Waals surface area contributed by atoms with Gasteiger partial charge < -0.3 is 15.4 Å². The maximum absolute atomic E-state index is 14.1. The molecule has 0 radical (unpaired) electrons. The second-order valence-electron chi connectivity index (χ2n) is 5.63. The summed E-state index contributed by atoms with van der Waals surface area (Å²) in [7, 11) is 1.33. The van der Waals surface area contributed by atoms with Crippen molar-refractivity contribution in [2.45, 2.75) is 13.0 Å². The van der Waals surface area contributed by atoms with Gasteiger partial charge in [0.05, 0.1) is 18.5 Å². The van der Waals surface area contributed by atoms with E-state index < -0.39 is 29.7 Å². The van der Waals surface area contributed by atoms with Crippen LogP contribution in [0.4, 0.5) is 20.6 Å². The number of para-hydroxylation sites is 2. The largest absolute Gasteiger partial charge is 0.496 e. The molecule has 4 amide bonds. The lowest BCUT2D eigenvalue weighted by atomic mass is 10.1. The number of halogens is 1. The van der Waals surface area contributed by atoms with Crippen molar-refractivity contribution >= 4 is 29.2 Å². The summed E-state index contributed by atoms with van der Waals surface area (Å²) in [5.41, 5.74) is 0.124. The van der Waals surface area contributed by atoms with Gasteiger partial charge in [-0.2, -0.15) is 0 Å². The first kappa shape index (κ1) is 17.4. The zero-order valence-electron chi connectivity index (χ0n) is 14.1. The van der Waals surface area contributed by atoms with Crippen LogP contribution in [0, 0.1) is 5.82 Å². The number of hydrogen-bond acceptors (Lipinski definition) is 4. The number of ether oxygens (including phenoxy) is 1.